The Morgan fingerprint density at radius 2 is 1.83 bits per heavy atom. The summed E-state index contributed by atoms with van der Waals surface area (Å²) in [6.45, 7) is 8.44. The van der Waals surface area contributed by atoms with E-state index in [-0.39, 0.29) is 11.6 Å². The second-order valence-corrected chi connectivity index (χ2v) is 6.70. The number of carbonyl (C=O) groups is 1. The highest BCUT2D eigenvalue weighted by Gasteiger charge is 2.24. The van der Waals surface area contributed by atoms with E-state index in [9.17, 15) is 4.79 Å². The zero-order valence-corrected chi connectivity index (χ0v) is 15.2. The van der Waals surface area contributed by atoms with Crippen LogP contribution in [0.25, 0.3) is 0 Å². The van der Waals surface area contributed by atoms with Gasteiger partial charge in [0, 0.05) is 51.9 Å². The number of methoxy groups -OCH3 is 2. The zero-order valence-electron chi connectivity index (χ0n) is 15.2. The van der Waals surface area contributed by atoms with E-state index in [0.29, 0.717) is 6.54 Å². The van der Waals surface area contributed by atoms with Crippen molar-refractivity contribution in [3.05, 3.63) is 29.8 Å². The number of carbonyl (C=O) groups excluding carboxylic acids is 1. The number of benzene rings is 1. The van der Waals surface area contributed by atoms with Crippen LogP contribution in [-0.2, 0) is 11.3 Å². The number of urea groups is 1. The summed E-state index contributed by atoms with van der Waals surface area (Å²) < 4.78 is 10.7. The lowest BCUT2D eigenvalue weighted by Crippen LogP contribution is -2.53. The first kappa shape index (κ1) is 18.5. The molecule has 134 valence electrons. The van der Waals surface area contributed by atoms with Crippen molar-refractivity contribution in [3.8, 4) is 5.75 Å². The number of nitrogens with one attached hydrogen (secondary N) is 1. The molecule has 0 saturated carbocycles. The molecule has 2 rings (SSSR count). The van der Waals surface area contributed by atoms with Crippen LogP contribution in [0.3, 0.4) is 0 Å². The van der Waals surface area contributed by atoms with Gasteiger partial charge in [0.1, 0.15) is 5.75 Å². The first-order chi connectivity index (χ1) is 11.4. The second kappa shape index (κ2) is 8.35. The fraction of sp³-hybridized carbons (Fsp3) is 0.611. The van der Waals surface area contributed by atoms with Gasteiger partial charge < -0.3 is 19.7 Å². The van der Waals surface area contributed by atoms with Gasteiger partial charge in [0.25, 0.3) is 0 Å². The van der Waals surface area contributed by atoms with Gasteiger partial charge in [0.15, 0.2) is 0 Å². The van der Waals surface area contributed by atoms with Crippen molar-refractivity contribution in [1.29, 1.82) is 0 Å². The molecule has 2 amide bonds. The number of piperazine rings is 1. The quantitative estimate of drug-likeness (QED) is 0.863. The lowest BCUT2D eigenvalue weighted by atomic mass is 10.1. The van der Waals surface area contributed by atoms with E-state index >= 15 is 0 Å². The van der Waals surface area contributed by atoms with Crippen LogP contribution in [0.4, 0.5) is 4.79 Å². The molecule has 0 radical (unpaired) electrons. The van der Waals surface area contributed by atoms with E-state index in [4.69, 9.17) is 9.47 Å². The van der Waals surface area contributed by atoms with E-state index in [1.54, 1.807) is 14.2 Å². The minimum Gasteiger partial charge on any atom is -0.496 e. The van der Waals surface area contributed by atoms with Gasteiger partial charge in [-0.05, 0) is 19.9 Å². The van der Waals surface area contributed by atoms with Crippen LogP contribution in [0.5, 0.6) is 5.75 Å². The molecule has 1 aliphatic heterocycles. The predicted octanol–water partition coefficient (Wildman–Crippen LogP) is 1.95. The molecule has 6 heteroatoms. The lowest BCUT2D eigenvalue weighted by molar-refractivity contribution is 0.0237. The number of hydrogen-bond donors (Lipinski definition) is 1. The Kier molecular flexibility index (Phi) is 6.45. The van der Waals surface area contributed by atoms with Crippen molar-refractivity contribution in [2.75, 3.05) is 46.9 Å². The molecule has 0 unspecified atom stereocenters. The maximum Gasteiger partial charge on any atom is 0.317 e. The smallest absolute Gasteiger partial charge is 0.317 e. The van der Waals surface area contributed by atoms with Crippen molar-refractivity contribution in [1.82, 2.24) is 15.1 Å². The third-order valence-corrected chi connectivity index (χ3v) is 4.46. The third kappa shape index (κ3) is 5.11. The van der Waals surface area contributed by atoms with Crippen LogP contribution in [0, 0.1) is 0 Å². The van der Waals surface area contributed by atoms with Gasteiger partial charge in [0.05, 0.1) is 12.7 Å². The molecule has 1 aromatic rings. The Morgan fingerprint density at radius 3 is 2.46 bits per heavy atom. The van der Waals surface area contributed by atoms with Crippen LogP contribution in [-0.4, -0.2) is 68.4 Å². The van der Waals surface area contributed by atoms with E-state index in [1.165, 1.54) is 5.56 Å². The molecule has 1 aliphatic rings. The van der Waals surface area contributed by atoms with Crippen molar-refractivity contribution in [3.63, 3.8) is 0 Å². The van der Waals surface area contributed by atoms with Gasteiger partial charge in [-0.1, -0.05) is 18.2 Å². The van der Waals surface area contributed by atoms with E-state index in [1.807, 2.05) is 36.9 Å². The summed E-state index contributed by atoms with van der Waals surface area (Å²) in [6.07, 6.45) is 0. The van der Waals surface area contributed by atoms with Crippen molar-refractivity contribution >= 4 is 6.03 Å². The molecule has 0 atom stereocenters. The minimum atomic E-state index is -0.346. The maximum absolute atomic E-state index is 12.2. The molecule has 1 heterocycles. The molecular formula is C18H29N3O3. The number of nitrogens with zero attached hydrogens (tertiary/aromatic N) is 2. The summed E-state index contributed by atoms with van der Waals surface area (Å²) in [5.74, 6) is 0.916. The first-order valence-electron chi connectivity index (χ1n) is 8.37. The summed E-state index contributed by atoms with van der Waals surface area (Å²) in [5, 5.41) is 2.95. The van der Waals surface area contributed by atoms with Crippen molar-refractivity contribution in [2.45, 2.75) is 26.0 Å². The van der Waals surface area contributed by atoms with Crippen LogP contribution >= 0.6 is 0 Å². The molecule has 1 N–H and O–H groups in total. The Hall–Kier alpha value is -1.79. The van der Waals surface area contributed by atoms with E-state index in [0.717, 1.165) is 38.5 Å². The molecule has 24 heavy (non-hydrogen) atoms. The summed E-state index contributed by atoms with van der Waals surface area (Å²) in [6, 6.07) is 8.06. The highest BCUT2D eigenvalue weighted by molar-refractivity contribution is 5.74. The Bertz CT molecular complexity index is 540. The molecule has 1 fully saturated rings. The highest BCUT2D eigenvalue weighted by Crippen LogP contribution is 2.20. The molecular weight excluding hydrogens is 306 g/mol. The monoisotopic (exact) mass is 335 g/mol. The van der Waals surface area contributed by atoms with Gasteiger partial charge in [-0.2, -0.15) is 0 Å². The maximum atomic E-state index is 12.2. The van der Waals surface area contributed by atoms with Crippen molar-refractivity contribution in [2.24, 2.45) is 0 Å². The average molecular weight is 335 g/mol. The molecule has 1 aromatic carbocycles. The number of rotatable bonds is 6. The van der Waals surface area contributed by atoms with Crippen molar-refractivity contribution < 1.29 is 14.3 Å². The molecule has 0 spiro atoms. The number of hydrogen-bond acceptors (Lipinski definition) is 4. The largest absolute Gasteiger partial charge is 0.496 e. The van der Waals surface area contributed by atoms with Gasteiger partial charge in [-0.15, -0.1) is 0 Å². The summed E-state index contributed by atoms with van der Waals surface area (Å²) in [7, 11) is 3.35. The van der Waals surface area contributed by atoms with E-state index in [2.05, 4.69) is 16.3 Å². The minimum absolute atomic E-state index is 0.0166. The zero-order chi connectivity index (χ0) is 17.6. The van der Waals surface area contributed by atoms with Crippen LogP contribution in [0.2, 0.25) is 0 Å². The summed E-state index contributed by atoms with van der Waals surface area (Å²) in [5.41, 5.74) is 0.834. The first-order valence-corrected chi connectivity index (χ1v) is 8.37. The Morgan fingerprint density at radius 1 is 1.17 bits per heavy atom. The molecule has 0 bridgehead atoms. The van der Waals surface area contributed by atoms with Crippen LogP contribution in [0.15, 0.2) is 24.3 Å². The lowest BCUT2D eigenvalue weighted by Gasteiger charge is -2.35. The SMILES string of the molecule is COc1ccccc1CN1CCN(C(=O)NCC(C)(C)OC)CC1. The van der Waals surface area contributed by atoms with Gasteiger partial charge in [0.2, 0.25) is 0 Å². The number of ether oxygens (including phenoxy) is 2. The van der Waals surface area contributed by atoms with Gasteiger partial charge in [-0.3, -0.25) is 4.90 Å². The normalized spacial score (nSPS) is 16.1. The molecule has 0 aliphatic carbocycles. The molecule has 1 saturated heterocycles. The highest BCUT2D eigenvalue weighted by atomic mass is 16.5. The topological polar surface area (TPSA) is 54.0 Å². The van der Waals surface area contributed by atoms with Gasteiger partial charge >= 0.3 is 6.03 Å². The summed E-state index contributed by atoms with van der Waals surface area (Å²) >= 11 is 0. The Labute approximate surface area is 144 Å². The standard InChI is InChI=1S/C18H29N3O3/c1-18(2,24-4)14-19-17(22)21-11-9-20(10-12-21)13-15-7-5-6-8-16(15)23-3/h5-8H,9-14H2,1-4H3,(H,19,22). The molecule has 0 aromatic heterocycles. The average Bonchev–Trinajstić information content (AvgIpc) is 2.61. The molecule has 6 nitrogen and oxygen atoms in total. The second-order valence-electron chi connectivity index (χ2n) is 6.70. The summed E-state index contributed by atoms with van der Waals surface area (Å²) in [4.78, 5) is 16.5. The Balaban J connectivity index is 1.80. The fourth-order valence-corrected chi connectivity index (χ4v) is 2.66. The fourth-order valence-electron chi connectivity index (χ4n) is 2.66. The predicted molar refractivity (Wildman–Crippen MR) is 94.3 cm³/mol. The van der Waals surface area contributed by atoms with Crippen LogP contribution in [0.1, 0.15) is 19.4 Å². The van der Waals surface area contributed by atoms with Gasteiger partial charge in [-0.25, -0.2) is 4.79 Å². The third-order valence-electron chi connectivity index (χ3n) is 4.46. The number of amides is 2. The van der Waals surface area contributed by atoms with Crippen LogP contribution < -0.4 is 10.1 Å². The van der Waals surface area contributed by atoms with E-state index < -0.39 is 0 Å². The number of para-hydroxylation sites is 1.